The predicted molar refractivity (Wildman–Crippen MR) is 67.3 cm³/mol. The third kappa shape index (κ3) is 2.20. The molecule has 3 rings (SSSR count). The highest BCUT2D eigenvalue weighted by Crippen LogP contribution is 2.41. The number of nitrogens with zero attached hydrogens (tertiary/aromatic N) is 2. The number of hydrogen-bond donors (Lipinski definition) is 0. The lowest BCUT2D eigenvalue weighted by molar-refractivity contribution is -0.137. The molecule has 1 aliphatic rings. The Kier molecular flexibility index (Phi) is 2.78. The quantitative estimate of drug-likeness (QED) is 0.733. The number of imidazole rings is 1. The van der Waals surface area contributed by atoms with Gasteiger partial charge in [-0.3, -0.25) is 0 Å². The number of benzene rings is 1. The highest BCUT2D eigenvalue weighted by Gasteiger charge is 2.33. The first-order valence-electron chi connectivity index (χ1n) is 6.11. The number of hydrogen-bond acceptors (Lipinski definition) is 1. The summed E-state index contributed by atoms with van der Waals surface area (Å²) < 4.78 is 40.1. The average molecular weight is 289 g/mol. The molecule has 1 aliphatic carbocycles. The van der Waals surface area contributed by atoms with Gasteiger partial charge >= 0.3 is 6.18 Å². The van der Waals surface area contributed by atoms with Crippen LogP contribution in [-0.4, -0.2) is 9.55 Å². The topological polar surface area (TPSA) is 17.8 Å². The molecule has 0 spiro atoms. The fraction of sp³-hybridized carbons (Fsp3) is 0.462. The lowest BCUT2D eigenvalue weighted by atomic mass is 10.2. The van der Waals surface area contributed by atoms with E-state index in [0.717, 1.165) is 30.5 Å². The van der Waals surface area contributed by atoms with E-state index in [9.17, 15) is 13.2 Å². The Bertz CT molecular complexity index is 627. The van der Waals surface area contributed by atoms with E-state index in [1.807, 2.05) is 4.57 Å². The highest BCUT2D eigenvalue weighted by molar-refractivity contribution is 6.20. The fourth-order valence-electron chi connectivity index (χ4n) is 2.29. The molecule has 0 N–H and O–H groups in total. The van der Waals surface area contributed by atoms with Crippen LogP contribution in [0.4, 0.5) is 13.2 Å². The molecular formula is C13H12ClF3N2. The zero-order chi connectivity index (χ0) is 13.8. The minimum atomic E-state index is -4.34. The summed E-state index contributed by atoms with van der Waals surface area (Å²) >= 11 is 6.08. The Morgan fingerprint density at radius 1 is 1.37 bits per heavy atom. The largest absolute Gasteiger partial charge is 0.416 e. The lowest BCUT2D eigenvalue weighted by Gasteiger charge is -2.09. The minimum Gasteiger partial charge on any atom is -0.324 e. The van der Waals surface area contributed by atoms with Gasteiger partial charge in [-0.15, -0.1) is 11.6 Å². The molecule has 1 unspecified atom stereocenters. The van der Waals surface area contributed by atoms with Crippen molar-refractivity contribution in [3.63, 3.8) is 0 Å². The molecule has 1 aromatic heterocycles. The second kappa shape index (κ2) is 4.13. The molecule has 2 aromatic rings. The Balaban J connectivity index is 2.20. The minimum absolute atomic E-state index is 0.317. The van der Waals surface area contributed by atoms with Crippen molar-refractivity contribution >= 4 is 22.6 Å². The Morgan fingerprint density at radius 2 is 2.05 bits per heavy atom. The highest BCUT2D eigenvalue weighted by atomic mass is 35.5. The molecule has 0 bridgehead atoms. The number of aromatic nitrogens is 2. The van der Waals surface area contributed by atoms with Gasteiger partial charge in [0.15, 0.2) is 0 Å². The van der Waals surface area contributed by atoms with Crippen molar-refractivity contribution < 1.29 is 13.2 Å². The number of alkyl halides is 4. The number of halogens is 4. The number of fused-ring (bicyclic) bond motifs is 1. The second-order valence-electron chi connectivity index (χ2n) is 4.89. The molecule has 1 fully saturated rings. The first-order chi connectivity index (χ1) is 8.88. The molecule has 6 heteroatoms. The van der Waals surface area contributed by atoms with Crippen molar-refractivity contribution in [3.8, 4) is 0 Å². The normalized spacial score (nSPS) is 17.9. The van der Waals surface area contributed by atoms with E-state index in [1.165, 1.54) is 6.07 Å². The van der Waals surface area contributed by atoms with E-state index in [0.29, 0.717) is 17.4 Å². The van der Waals surface area contributed by atoms with Crippen LogP contribution in [0.15, 0.2) is 18.2 Å². The summed E-state index contributed by atoms with van der Waals surface area (Å²) in [5, 5.41) is -0.317. The first kappa shape index (κ1) is 12.8. The van der Waals surface area contributed by atoms with Gasteiger partial charge in [0.25, 0.3) is 0 Å². The van der Waals surface area contributed by atoms with Gasteiger partial charge < -0.3 is 4.57 Å². The maximum absolute atomic E-state index is 12.7. The molecule has 1 aromatic carbocycles. The van der Waals surface area contributed by atoms with Crippen LogP contribution in [0.1, 0.15) is 42.6 Å². The van der Waals surface area contributed by atoms with Crippen LogP contribution < -0.4 is 0 Å². The smallest absolute Gasteiger partial charge is 0.324 e. The Labute approximate surface area is 113 Å². The molecule has 0 radical (unpaired) electrons. The van der Waals surface area contributed by atoms with Crippen molar-refractivity contribution in [2.24, 2.45) is 0 Å². The lowest BCUT2D eigenvalue weighted by Crippen LogP contribution is -2.04. The van der Waals surface area contributed by atoms with Crippen molar-refractivity contribution in [3.05, 3.63) is 29.6 Å². The molecule has 102 valence electrons. The van der Waals surface area contributed by atoms with Gasteiger partial charge in [0.2, 0.25) is 0 Å². The van der Waals surface area contributed by atoms with E-state index in [2.05, 4.69) is 4.98 Å². The fourth-order valence-corrected chi connectivity index (χ4v) is 2.44. The van der Waals surface area contributed by atoms with Gasteiger partial charge in [-0.25, -0.2) is 4.98 Å². The van der Waals surface area contributed by atoms with Crippen molar-refractivity contribution in [1.82, 2.24) is 9.55 Å². The maximum Gasteiger partial charge on any atom is 0.416 e. The zero-order valence-electron chi connectivity index (χ0n) is 10.2. The van der Waals surface area contributed by atoms with Gasteiger partial charge in [-0.1, -0.05) is 0 Å². The summed E-state index contributed by atoms with van der Waals surface area (Å²) in [6.07, 6.45) is -2.28. The third-order valence-electron chi connectivity index (χ3n) is 3.31. The van der Waals surface area contributed by atoms with Gasteiger partial charge in [-0.05, 0) is 38.0 Å². The number of rotatable bonds is 2. The van der Waals surface area contributed by atoms with Gasteiger partial charge in [0.05, 0.1) is 22.0 Å². The molecule has 1 saturated carbocycles. The van der Waals surface area contributed by atoms with Crippen LogP contribution >= 0.6 is 11.6 Å². The maximum atomic E-state index is 12.7. The van der Waals surface area contributed by atoms with E-state index >= 15 is 0 Å². The zero-order valence-corrected chi connectivity index (χ0v) is 11.0. The molecule has 1 atom stereocenters. The SMILES string of the molecule is CC(Cl)c1nc2cc(C(F)(F)F)ccc2n1C1CC1. The van der Waals surface area contributed by atoms with E-state index in [1.54, 1.807) is 6.92 Å². The van der Waals surface area contributed by atoms with Gasteiger partial charge in [-0.2, -0.15) is 13.2 Å². The summed E-state index contributed by atoms with van der Waals surface area (Å²) in [5.74, 6) is 0.651. The van der Waals surface area contributed by atoms with Crippen molar-refractivity contribution in [2.45, 2.75) is 37.4 Å². The Morgan fingerprint density at radius 3 is 2.58 bits per heavy atom. The van der Waals surface area contributed by atoms with E-state index < -0.39 is 11.7 Å². The van der Waals surface area contributed by atoms with Crippen LogP contribution in [0, 0.1) is 0 Å². The third-order valence-corrected chi connectivity index (χ3v) is 3.51. The Hall–Kier alpha value is -1.23. The molecular weight excluding hydrogens is 277 g/mol. The van der Waals surface area contributed by atoms with Crippen LogP contribution in [0.5, 0.6) is 0 Å². The van der Waals surface area contributed by atoms with E-state index in [-0.39, 0.29) is 5.38 Å². The molecule has 0 saturated heterocycles. The standard InChI is InChI=1S/C13H12ClF3N2/c1-7(14)12-18-10-6-8(13(15,16)17)2-5-11(10)19(12)9-3-4-9/h2,5-7,9H,3-4H2,1H3. The van der Waals surface area contributed by atoms with Crippen LogP contribution in [0.25, 0.3) is 11.0 Å². The van der Waals surface area contributed by atoms with Gasteiger partial charge in [0.1, 0.15) is 5.82 Å². The van der Waals surface area contributed by atoms with Crippen LogP contribution in [-0.2, 0) is 6.18 Å². The first-order valence-corrected chi connectivity index (χ1v) is 6.54. The molecule has 19 heavy (non-hydrogen) atoms. The van der Waals surface area contributed by atoms with Crippen molar-refractivity contribution in [2.75, 3.05) is 0 Å². The average Bonchev–Trinajstić information content (AvgIpc) is 3.07. The van der Waals surface area contributed by atoms with Crippen LogP contribution in [0.2, 0.25) is 0 Å². The molecule has 1 heterocycles. The molecule has 0 amide bonds. The van der Waals surface area contributed by atoms with Crippen LogP contribution in [0.3, 0.4) is 0 Å². The summed E-state index contributed by atoms with van der Waals surface area (Å²) in [6, 6.07) is 4.02. The summed E-state index contributed by atoms with van der Waals surface area (Å²) in [7, 11) is 0. The molecule has 2 nitrogen and oxygen atoms in total. The monoisotopic (exact) mass is 288 g/mol. The molecule has 0 aliphatic heterocycles. The summed E-state index contributed by atoms with van der Waals surface area (Å²) in [5.41, 5.74) is 0.427. The summed E-state index contributed by atoms with van der Waals surface area (Å²) in [6.45, 7) is 1.78. The van der Waals surface area contributed by atoms with Gasteiger partial charge in [0, 0.05) is 6.04 Å². The summed E-state index contributed by atoms with van der Waals surface area (Å²) in [4.78, 5) is 4.28. The predicted octanol–water partition coefficient (Wildman–Crippen LogP) is 4.69. The van der Waals surface area contributed by atoms with E-state index in [4.69, 9.17) is 11.6 Å². The van der Waals surface area contributed by atoms with Crippen molar-refractivity contribution in [1.29, 1.82) is 0 Å². The second-order valence-corrected chi connectivity index (χ2v) is 5.54.